The van der Waals surface area contributed by atoms with E-state index >= 15 is 0 Å². The number of anilines is 1. The Balaban J connectivity index is 2.21. The monoisotopic (exact) mass is 325 g/mol. The highest BCUT2D eigenvalue weighted by Gasteiger charge is 2.35. The maximum Gasteiger partial charge on any atom is 0.336 e. The second kappa shape index (κ2) is 5.53. The molecular weight excluding hydrogens is 306 g/mol. The Morgan fingerprint density at radius 2 is 2.11 bits per heavy atom. The fourth-order valence-corrected chi connectivity index (χ4v) is 3.39. The minimum absolute atomic E-state index is 0.320. The normalized spacial score (nSPS) is 17.7. The predicted molar refractivity (Wildman–Crippen MR) is 80.9 cm³/mol. The molecule has 0 spiro atoms. The molecule has 1 N–H and O–H groups in total. The predicted octanol–water partition coefficient (Wildman–Crippen LogP) is 4.16. The molecule has 4 heteroatoms. The van der Waals surface area contributed by atoms with E-state index in [-0.39, 0.29) is 0 Å². The van der Waals surface area contributed by atoms with Crippen LogP contribution in [0.4, 0.5) is 5.69 Å². The van der Waals surface area contributed by atoms with Crippen molar-refractivity contribution in [2.45, 2.75) is 33.1 Å². The molecule has 104 valence electrons. The average molecular weight is 326 g/mol. The van der Waals surface area contributed by atoms with Crippen LogP contribution in [0.3, 0.4) is 0 Å². The summed E-state index contributed by atoms with van der Waals surface area (Å²) >= 11 is 3.35. The van der Waals surface area contributed by atoms with Gasteiger partial charge in [-0.25, -0.2) is 4.79 Å². The SMILES string of the molecule is CCC1(CC)CCN(c2ccc(C(=O)O)c(Br)c2)C1. The van der Waals surface area contributed by atoms with E-state index < -0.39 is 5.97 Å². The maximum absolute atomic E-state index is 11.0. The van der Waals surface area contributed by atoms with Gasteiger partial charge in [0.1, 0.15) is 0 Å². The smallest absolute Gasteiger partial charge is 0.336 e. The van der Waals surface area contributed by atoms with Crippen molar-refractivity contribution >= 4 is 27.6 Å². The second-order valence-electron chi connectivity index (χ2n) is 5.35. The first kappa shape index (κ1) is 14.4. The molecule has 1 saturated heterocycles. The Labute approximate surface area is 122 Å². The third kappa shape index (κ3) is 2.78. The molecular formula is C15H20BrNO2. The van der Waals surface area contributed by atoms with E-state index in [4.69, 9.17) is 5.11 Å². The molecule has 1 aromatic rings. The minimum atomic E-state index is -0.892. The Morgan fingerprint density at radius 1 is 1.42 bits per heavy atom. The summed E-state index contributed by atoms with van der Waals surface area (Å²) in [4.78, 5) is 13.4. The third-order valence-corrected chi connectivity index (χ3v) is 5.14. The summed E-state index contributed by atoms with van der Waals surface area (Å²) in [5, 5.41) is 9.04. The quantitative estimate of drug-likeness (QED) is 0.903. The number of carboxylic acids is 1. The molecule has 3 nitrogen and oxygen atoms in total. The van der Waals surface area contributed by atoms with Crippen molar-refractivity contribution in [1.82, 2.24) is 0 Å². The number of aromatic carboxylic acids is 1. The van der Waals surface area contributed by atoms with Crippen molar-refractivity contribution in [3.05, 3.63) is 28.2 Å². The lowest BCUT2D eigenvalue weighted by atomic mass is 9.82. The Morgan fingerprint density at radius 3 is 2.58 bits per heavy atom. The molecule has 0 radical (unpaired) electrons. The van der Waals surface area contributed by atoms with E-state index in [0.29, 0.717) is 15.5 Å². The van der Waals surface area contributed by atoms with Gasteiger partial charge in [0.05, 0.1) is 5.56 Å². The number of nitrogens with zero attached hydrogens (tertiary/aromatic N) is 1. The van der Waals surface area contributed by atoms with Crippen LogP contribution in [0, 0.1) is 5.41 Å². The zero-order valence-electron chi connectivity index (χ0n) is 11.4. The molecule has 1 fully saturated rings. The van der Waals surface area contributed by atoms with Crippen LogP contribution in [-0.2, 0) is 0 Å². The van der Waals surface area contributed by atoms with Gasteiger partial charge in [0, 0.05) is 23.2 Å². The number of rotatable bonds is 4. The van der Waals surface area contributed by atoms with Gasteiger partial charge in [0.2, 0.25) is 0 Å². The molecule has 0 amide bonds. The minimum Gasteiger partial charge on any atom is -0.478 e. The van der Waals surface area contributed by atoms with Crippen LogP contribution in [0.15, 0.2) is 22.7 Å². The summed E-state index contributed by atoms with van der Waals surface area (Å²) in [6, 6.07) is 5.51. The van der Waals surface area contributed by atoms with Gasteiger partial charge in [0.15, 0.2) is 0 Å². The van der Waals surface area contributed by atoms with Gasteiger partial charge >= 0.3 is 5.97 Å². The highest BCUT2D eigenvalue weighted by molar-refractivity contribution is 9.10. The fourth-order valence-electron chi connectivity index (χ4n) is 2.86. The van der Waals surface area contributed by atoms with E-state index in [1.54, 1.807) is 6.07 Å². The summed E-state index contributed by atoms with van der Waals surface area (Å²) in [5.41, 5.74) is 1.86. The third-order valence-electron chi connectivity index (χ3n) is 4.49. The molecule has 0 bridgehead atoms. The average Bonchev–Trinajstić information content (AvgIpc) is 2.83. The van der Waals surface area contributed by atoms with Gasteiger partial charge in [-0.05, 0) is 58.8 Å². The van der Waals surface area contributed by atoms with Gasteiger partial charge in [-0.3, -0.25) is 0 Å². The van der Waals surface area contributed by atoms with Crippen LogP contribution in [0.1, 0.15) is 43.5 Å². The van der Waals surface area contributed by atoms with Crippen LogP contribution in [0.25, 0.3) is 0 Å². The van der Waals surface area contributed by atoms with Crippen molar-refractivity contribution in [2.75, 3.05) is 18.0 Å². The molecule has 0 saturated carbocycles. The summed E-state index contributed by atoms with van der Waals surface area (Å²) in [6.07, 6.45) is 3.63. The number of halogens is 1. The molecule has 1 aromatic carbocycles. The number of carbonyl (C=O) groups is 1. The Bertz CT molecular complexity index is 483. The highest BCUT2D eigenvalue weighted by atomic mass is 79.9. The van der Waals surface area contributed by atoms with Crippen LogP contribution in [-0.4, -0.2) is 24.2 Å². The van der Waals surface area contributed by atoms with Crippen molar-refractivity contribution in [1.29, 1.82) is 0 Å². The van der Waals surface area contributed by atoms with Crippen molar-refractivity contribution in [3.63, 3.8) is 0 Å². The summed E-state index contributed by atoms with van der Waals surface area (Å²) < 4.78 is 0.656. The van der Waals surface area contributed by atoms with E-state index in [9.17, 15) is 4.79 Å². The van der Waals surface area contributed by atoms with Gasteiger partial charge in [-0.2, -0.15) is 0 Å². The van der Waals surface area contributed by atoms with E-state index in [1.165, 1.54) is 19.3 Å². The van der Waals surface area contributed by atoms with Gasteiger partial charge in [-0.15, -0.1) is 0 Å². The van der Waals surface area contributed by atoms with Gasteiger partial charge < -0.3 is 10.0 Å². The molecule has 1 heterocycles. The summed E-state index contributed by atoms with van der Waals surface area (Å²) in [6.45, 7) is 6.65. The molecule has 1 aliphatic rings. The first-order valence-corrected chi connectivity index (χ1v) is 7.58. The number of carboxylic acid groups (broad SMARTS) is 1. The van der Waals surface area contributed by atoms with Crippen LogP contribution < -0.4 is 4.90 Å². The van der Waals surface area contributed by atoms with Crippen molar-refractivity contribution in [3.8, 4) is 0 Å². The zero-order chi connectivity index (χ0) is 14.0. The van der Waals surface area contributed by atoms with Crippen molar-refractivity contribution in [2.24, 2.45) is 5.41 Å². The fraction of sp³-hybridized carbons (Fsp3) is 0.533. The molecule has 0 unspecified atom stereocenters. The molecule has 1 aliphatic heterocycles. The van der Waals surface area contributed by atoms with Crippen LogP contribution in [0.5, 0.6) is 0 Å². The molecule has 0 atom stereocenters. The first-order chi connectivity index (χ1) is 9.01. The van der Waals surface area contributed by atoms with E-state index in [1.807, 2.05) is 12.1 Å². The first-order valence-electron chi connectivity index (χ1n) is 6.79. The van der Waals surface area contributed by atoms with Gasteiger partial charge in [-0.1, -0.05) is 13.8 Å². The number of benzene rings is 1. The standard InChI is InChI=1S/C15H20BrNO2/c1-3-15(4-2)7-8-17(10-15)11-5-6-12(14(18)19)13(16)9-11/h5-6,9H,3-4,7-8,10H2,1-2H3,(H,18,19). The summed E-state index contributed by atoms with van der Waals surface area (Å²) in [5.74, 6) is -0.892. The molecule has 0 aliphatic carbocycles. The van der Waals surface area contributed by atoms with Crippen molar-refractivity contribution < 1.29 is 9.90 Å². The Hall–Kier alpha value is -1.03. The lowest BCUT2D eigenvalue weighted by Crippen LogP contribution is -2.26. The van der Waals surface area contributed by atoms with Crippen LogP contribution in [0.2, 0.25) is 0 Å². The van der Waals surface area contributed by atoms with Gasteiger partial charge in [0.25, 0.3) is 0 Å². The maximum atomic E-state index is 11.0. The topological polar surface area (TPSA) is 40.5 Å². The molecule has 0 aromatic heterocycles. The molecule has 19 heavy (non-hydrogen) atoms. The lowest BCUT2D eigenvalue weighted by molar-refractivity contribution is 0.0696. The largest absolute Gasteiger partial charge is 0.478 e. The summed E-state index contributed by atoms with van der Waals surface area (Å²) in [7, 11) is 0. The van der Waals surface area contributed by atoms with Crippen LogP contribution >= 0.6 is 15.9 Å². The lowest BCUT2D eigenvalue weighted by Gasteiger charge is -2.27. The molecule has 2 rings (SSSR count). The van der Waals surface area contributed by atoms with E-state index in [0.717, 1.165) is 18.8 Å². The zero-order valence-corrected chi connectivity index (χ0v) is 13.0. The Kier molecular flexibility index (Phi) is 4.19. The number of hydrogen-bond acceptors (Lipinski definition) is 2. The highest BCUT2D eigenvalue weighted by Crippen LogP contribution is 2.39. The number of hydrogen-bond donors (Lipinski definition) is 1. The van der Waals surface area contributed by atoms with E-state index in [2.05, 4.69) is 34.7 Å². The second-order valence-corrected chi connectivity index (χ2v) is 6.20.